The van der Waals surface area contributed by atoms with Gasteiger partial charge in [0.25, 0.3) is 5.91 Å². The number of carboxylic acid groups (broad SMARTS) is 1. The standard InChI is InChI=1S/C7H8BrN3O3S/c8-5-4(11-3-15-5)6(12)9-1-2-10-7(13)14/h3,10H,1-2H2,(H,9,12)(H,13,14)/p-1. The fraction of sp³-hybridized carbons (Fsp3) is 0.286. The molecule has 0 fully saturated rings. The molecule has 1 aromatic rings. The average Bonchev–Trinajstić information content (AvgIpc) is 2.58. The van der Waals surface area contributed by atoms with Crippen molar-refractivity contribution in [2.75, 3.05) is 13.1 Å². The van der Waals surface area contributed by atoms with Crippen LogP contribution in [0.4, 0.5) is 4.79 Å². The number of amides is 2. The molecule has 0 bridgehead atoms. The Morgan fingerprint density at radius 1 is 1.47 bits per heavy atom. The second kappa shape index (κ2) is 5.66. The zero-order valence-corrected chi connectivity index (χ0v) is 9.85. The third kappa shape index (κ3) is 3.84. The normalized spacial score (nSPS) is 9.67. The molecule has 1 aromatic heterocycles. The van der Waals surface area contributed by atoms with Gasteiger partial charge in [-0.3, -0.25) is 4.79 Å². The van der Waals surface area contributed by atoms with Gasteiger partial charge in [-0.1, -0.05) is 0 Å². The van der Waals surface area contributed by atoms with Crippen molar-refractivity contribution >= 4 is 39.3 Å². The molecule has 8 heteroatoms. The average molecular weight is 293 g/mol. The number of aromatic nitrogens is 1. The first-order chi connectivity index (χ1) is 7.11. The lowest BCUT2D eigenvalue weighted by atomic mass is 10.4. The van der Waals surface area contributed by atoms with E-state index in [0.717, 1.165) is 0 Å². The van der Waals surface area contributed by atoms with Gasteiger partial charge in [-0.25, -0.2) is 4.98 Å². The summed E-state index contributed by atoms with van der Waals surface area (Å²) in [6.45, 7) is 0.298. The summed E-state index contributed by atoms with van der Waals surface area (Å²) in [5.74, 6) is -0.344. The number of hydrogen-bond donors (Lipinski definition) is 2. The van der Waals surface area contributed by atoms with Gasteiger partial charge in [0.1, 0.15) is 9.88 Å². The monoisotopic (exact) mass is 292 g/mol. The molecule has 1 heterocycles. The minimum Gasteiger partial charge on any atom is -0.530 e. The van der Waals surface area contributed by atoms with Crippen LogP contribution in [0, 0.1) is 0 Å². The second-order valence-electron chi connectivity index (χ2n) is 2.44. The van der Waals surface area contributed by atoms with Crippen LogP contribution in [0.15, 0.2) is 9.30 Å². The maximum atomic E-state index is 11.4. The zero-order chi connectivity index (χ0) is 11.3. The van der Waals surface area contributed by atoms with E-state index in [4.69, 9.17) is 0 Å². The second-order valence-corrected chi connectivity index (χ2v) is 4.62. The van der Waals surface area contributed by atoms with Gasteiger partial charge >= 0.3 is 0 Å². The molecule has 0 saturated carbocycles. The number of thiazole rings is 1. The predicted molar refractivity (Wildman–Crippen MR) is 55.5 cm³/mol. The van der Waals surface area contributed by atoms with Crippen LogP contribution in [0.2, 0.25) is 0 Å². The highest BCUT2D eigenvalue weighted by Gasteiger charge is 2.11. The van der Waals surface area contributed by atoms with Crippen LogP contribution in [-0.4, -0.2) is 30.1 Å². The third-order valence-corrected chi connectivity index (χ3v) is 2.97. The minimum absolute atomic E-state index is 0.107. The molecule has 2 N–H and O–H groups in total. The Bertz CT molecular complexity index is 368. The number of nitrogens with one attached hydrogen (secondary N) is 2. The van der Waals surface area contributed by atoms with Gasteiger partial charge in [0, 0.05) is 13.1 Å². The van der Waals surface area contributed by atoms with Crippen molar-refractivity contribution in [3.05, 3.63) is 15.0 Å². The first kappa shape index (κ1) is 11.9. The van der Waals surface area contributed by atoms with Gasteiger partial charge < -0.3 is 20.5 Å². The molecule has 0 saturated heterocycles. The first-order valence-electron chi connectivity index (χ1n) is 3.93. The fourth-order valence-corrected chi connectivity index (χ4v) is 1.84. The summed E-state index contributed by atoms with van der Waals surface area (Å²) in [7, 11) is 0. The number of hydrogen-bond acceptors (Lipinski definition) is 5. The van der Waals surface area contributed by atoms with Gasteiger partial charge in [0.2, 0.25) is 0 Å². The Labute approximate surface area is 97.8 Å². The summed E-state index contributed by atoms with van der Waals surface area (Å²) in [4.78, 5) is 25.2. The zero-order valence-electron chi connectivity index (χ0n) is 7.45. The molecule has 82 valence electrons. The van der Waals surface area contributed by atoms with E-state index in [1.54, 1.807) is 5.51 Å². The van der Waals surface area contributed by atoms with Crippen LogP contribution in [0.25, 0.3) is 0 Å². The molecule has 2 amide bonds. The van der Waals surface area contributed by atoms with Gasteiger partial charge in [-0.2, -0.15) is 0 Å². The van der Waals surface area contributed by atoms with Crippen LogP contribution >= 0.6 is 27.3 Å². The highest BCUT2D eigenvalue weighted by Crippen LogP contribution is 2.19. The van der Waals surface area contributed by atoms with Gasteiger partial charge in [-0.15, -0.1) is 11.3 Å². The molecular weight excluding hydrogens is 286 g/mol. The predicted octanol–water partition coefficient (Wildman–Crippen LogP) is -0.432. The highest BCUT2D eigenvalue weighted by molar-refractivity contribution is 9.11. The lowest BCUT2D eigenvalue weighted by Gasteiger charge is -2.06. The SMILES string of the molecule is O=C([O-])NCCNC(=O)c1ncsc1Br. The highest BCUT2D eigenvalue weighted by atomic mass is 79.9. The minimum atomic E-state index is -1.36. The molecule has 0 radical (unpaired) electrons. The maximum Gasteiger partial charge on any atom is 0.272 e. The van der Waals surface area contributed by atoms with Crippen molar-refractivity contribution in [1.29, 1.82) is 0 Å². The Hall–Kier alpha value is -1.15. The van der Waals surface area contributed by atoms with Crippen molar-refractivity contribution in [2.45, 2.75) is 0 Å². The molecule has 0 aliphatic carbocycles. The first-order valence-corrected chi connectivity index (χ1v) is 5.60. The number of carbonyl (C=O) groups excluding carboxylic acids is 2. The van der Waals surface area contributed by atoms with Crippen LogP contribution in [0.5, 0.6) is 0 Å². The van der Waals surface area contributed by atoms with Crippen LogP contribution in [0.3, 0.4) is 0 Å². The Morgan fingerprint density at radius 3 is 2.67 bits per heavy atom. The summed E-state index contributed by atoms with van der Waals surface area (Å²) < 4.78 is 0.646. The summed E-state index contributed by atoms with van der Waals surface area (Å²) in [6, 6.07) is 0. The van der Waals surface area contributed by atoms with Crippen molar-refractivity contribution in [2.24, 2.45) is 0 Å². The van der Waals surface area contributed by atoms with E-state index in [1.165, 1.54) is 11.3 Å². The summed E-state index contributed by atoms with van der Waals surface area (Å²) in [5.41, 5.74) is 1.84. The van der Waals surface area contributed by atoms with E-state index in [2.05, 4.69) is 26.2 Å². The Kier molecular flexibility index (Phi) is 4.50. The molecule has 0 atom stereocenters. The molecule has 15 heavy (non-hydrogen) atoms. The molecule has 0 aliphatic heterocycles. The number of rotatable bonds is 4. The summed E-state index contributed by atoms with van der Waals surface area (Å²) in [6.07, 6.45) is -1.36. The molecular formula is C7H7BrN3O3S-. The van der Waals surface area contributed by atoms with Gasteiger partial charge in [-0.05, 0) is 15.9 Å². The van der Waals surface area contributed by atoms with Crippen LogP contribution in [0.1, 0.15) is 10.5 Å². The van der Waals surface area contributed by atoms with E-state index < -0.39 is 6.09 Å². The molecule has 6 nitrogen and oxygen atoms in total. The Balaban J connectivity index is 2.31. The number of carbonyl (C=O) groups is 2. The summed E-state index contributed by atoms with van der Waals surface area (Å²) >= 11 is 4.48. The van der Waals surface area contributed by atoms with E-state index in [-0.39, 0.29) is 19.0 Å². The molecule has 0 aromatic carbocycles. The van der Waals surface area contributed by atoms with Gasteiger partial charge in [0.05, 0.1) is 5.51 Å². The lowest BCUT2D eigenvalue weighted by molar-refractivity contribution is -0.250. The van der Waals surface area contributed by atoms with Crippen molar-refractivity contribution in [1.82, 2.24) is 15.6 Å². The molecule has 0 unspecified atom stereocenters. The lowest BCUT2D eigenvalue weighted by Crippen LogP contribution is -2.41. The van der Waals surface area contributed by atoms with Crippen LogP contribution in [-0.2, 0) is 0 Å². The molecule has 0 spiro atoms. The van der Waals surface area contributed by atoms with E-state index in [0.29, 0.717) is 9.48 Å². The third-order valence-electron chi connectivity index (χ3n) is 1.42. The quantitative estimate of drug-likeness (QED) is 0.736. The van der Waals surface area contributed by atoms with Crippen molar-refractivity contribution in [3.63, 3.8) is 0 Å². The smallest absolute Gasteiger partial charge is 0.272 e. The summed E-state index contributed by atoms with van der Waals surface area (Å²) in [5, 5.41) is 14.5. The molecule has 1 rings (SSSR count). The van der Waals surface area contributed by atoms with Crippen molar-refractivity contribution < 1.29 is 14.7 Å². The number of nitrogens with zero attached hydrogens (tertiary/aromatic N) is 1. The van der Waals surface area contributed by atoms with E-state index in [1.807, 2.05) is 5.32 Å². The molecule has 0 aliphatic rings. The topological polar surface area (TPSA) is 94.1 Å². The van der Waals surface area contributed by atoms with Gasteiger partial charge in [0.15, 0.2) is 5.69 Å². The largest absolute Gasteiger partial charge is 0.530 e. The van der Waals surface area contributed by atoms with E-state index in [9.17, 15) is 14.7 Å². The Morgan fingerprint density at radius 2 is 2.13 bits per heavy atom. The number of halogens is 1. The maximum absolute atomic E-state index is 11.4. The van der Waals surface area contributed by atoms with Crippen LogP contribution < -0.4 is 15.7 Å². The fourth-order valence-electron chi connectivity index (χ4n) is 0.804. The van der Waals surface area contributed by atoms with Crippen molar-refractivity contribution in [3.8, 4) is 0 Å². The van der Waals surface area contributed by atoms with E-state index >= 15 is 0 Å².